The third kappa shape index (κ3) is 3.56. The number of ether oxygens (including phenoxy) is 1. The molecule has 2 aromatic carbocycles. The lowest BCUT2D eigenvalue weighted by molar-refractivity contribution is -0.116. The Bertz CT molecular complexity index is 1150. The van der Waals surface area contributed by atoms with E-state index < -0.39 is 11.8 Å². The summed E-state index contributed by atoms with van der Waals surface area (Å²) < 4.78 is 5.54. The smallest absolute Gasteiger partial charge is 0.261 e. The Morgan fingerprint density at radius 1 is 1.06 bits per heavy atom. The zero-order valence-corrected chi connectivity index (χ0v) is 17.1. The summed E-state index contributed by atoms with van der Waals surface area (Å²) in [4.78, 5) is 51.7. The number of nitrogens with one attached hydrogen (secondary N) is 1. The Hall–Kier alpha value is -3.85. The van der Waals surface area contributed by atoms with Crippen LogP contribution in [-0.4, -0.2) is 53.6 Å². The Morgan fingerprint density at radius 3 is 2.59 bits per heavy atom. The van der Waals surface area contributed by atoms with Gasteiger partial charge in [0.2, 0.25) is 0 Å². The van der Waals surface area contributed by atoms with Gasteiger partial charge in [0.05, 0.1) is 35.9 Å². The number of carbonyl (C=O) groups excluding carboxylic acids is 4. The molecule has 3 aliphatic heterocycles. The minimum atomic E-state index is -0.507. The van der Waals surface area contributed by atoms with Gasteiger partial charge in [0.1, 0.15) is 5.84 Å². The second kappa shape index (κ2) is 8.01. The SMILES string of the molecule is O=C(NC1=NN(c2ccccc2)C(=O)C1)c1ccc2c(c1)C(=O)N(CC1CCCO1)C2=O. The fourth-order valence-electron chi connectivity index (χ4n) is 4.06. The summed E-state index contributed by atoms with van der Waals surface area (Å²) in [5.74, 6) is -1.36. The summed E-state index contributed by atoms with van der Waals surface area (Å²) in [6.07, 6.45) is 1.53. The summed E-state index contributed by atoms with van der Waals surface area (Å²) in [5, 5.41) is 8.07. The van der Waals surface area contributed by atoms with Crippen LogP contribution in [0.25, 0.3) is 0 Å². The van der Waals surface area contributed by atoms with E-state index in [4.69, 9.17) is 4.74 Å². The zero-order chi connectivity index (χ0) is 22.2. The zero-order valence-electron chi connectivity index (χ0n) is 17.1. The van der Waals surface area contributed by atoms with E-state index in [-0.39, 0.29) is 53.4 Å². The molecule has 1 unspecified atom stereocenters. The number of carbonyl (C=O) groups is 4. The molecule has 2 aromatic rings. The highest BCUT2D eigenvalue weighted by atomic mass is 16.5. The molecule has 4 amide bonds. The van der Waals surface area contributed by atoms with Gasteiger partial charge >= 0.3 is 0 Å². The van der Waals surface area contributed by atoms with Gasteiger partial charge in [-0.05, 0) is 43.2 Å². The molecule has 1 N–H and O–H groups in total. The van der Waals surface area contributed by atoms with Crippen LogP contribution in [0, 0.1) is 0 Å². The molecular weight excluding hydrogens is 412 g/mol. The lowest BCUT2D eigenvalue weighted by Gasteiger charge is -2.17. The molecule has 3 aliphatic rings. The third-order valence-corrected chi connectivity index (χ3v) is 5.68. The van der Waals surface area contributed by atoms with Crippen molar-refractivity contribution >= 4 is 35.2 Å². The van der Waals surface area contributed by atoms with Crippen LogP contribution in [0.4, 0.5) is 5.69 Å². The maximum absolute atomic E-state index is 12.8. The van der Waals surface area contributed by atoms with E-state index in [0.717, 1.165) is 12.8 Å². The third-order valence-electron chi connectivity index (χ3n) is 5.68. The van der Waals surface area contributed by atoms with Gasteiger partial charge in [-0.25, -0.2) is 0 Å². The van der Waals surface area contributed by atoms with Crippen LogP contribution < -0.4 is 10.3 Å². The van der Waals surface area contributed by atoms with Crippen molar-refractivity contribution in [2.45, 2.75) is 25.4 Å². The van der Waals surface area contributed by atoms with Gasteiger partial charge in [0, 0.05) is 12.2 Å². The van der Waals surface area contributed by atoms with Crippen molar-refractivity contribution in [2.24, 2.45) is 5.10 Å². The van der Waals surface area contributed by atoms with Crippen LogP contribution in [0.3, 0.4) is 0 Å². The highest BCUT2D eigenvalue weighted by Gasteiger charge is 2.38. The van der Waals surface area contributed by atoms with E-state index in [1.807, 2.05) is 6.07 Å². The van der Waals surface area contributed by atoms with Gasteiger partial charge in [-0.3, -0.25) is 24.1 Å². The largest absolute Gasteiger partial charge is 0.376 e. The summed E-state index contributed by atoms with van der Waals surface area (Å²) in [7, 11) is 0. The van der Waals surface area contributed by atoms with E-state index in [0.29, 0.717) is 12.3 Å². The Kier molecular flexibility index (Phi) is 5.02. The van der Waals surface area contributed by atoms with Crippen LogP contribution in [-0.2, 0) is 9.53 Å². The summed E-state index contributed by atoms with van der Waals surface area (Å²) in [6, 6.07) is 13.3. The fraction of sp³-hybridized carbons (Fsp3) is 0.261. The number of rotatable bonds is 4. The molecule has 162 valence electrons. The molecular formula is C23H20N4O5. The van der Waals surface area contributed by atoms with E-state index in [1.54, 1.807) is 24.3 Å². The highest BCUT2D eigenvalue weighted by Crippen LogP contribution is 2.26. The molecule has 5 rings (SSSR count). The van der Waals surface area contributed by atoms with Crippen molar-refractivity contribution in [2.75, 3.05) is 18.2 Å². The molecule has 0 aliphatic carbocycles. The molecule has 0 bridgehead atoms. The highest BCUT2D eigenvalue weighted by molar-refractivity contribution is 6.23. The molecule has 0 saturated carbocycles. The Labute approximate surface area is 183 Å². The Morgan fingerprint density at radius 2 is 1.84 bits per heavy atom. The van der Waals surface area contributed by atoms with E-state index in [9.17, 15) is 19.2 Å². The van der Waals surface area contributed by atoms with E-state index >= 15 is 0 Å². The second-order valence-electron chi connectivity index (χ2n) is 7.83. The van der Waals surface area contributed by atoms with Crippen molar-refractivity contribution in [1.82, 2.24) is 10.2 Å². The normalized spacial score (nSPS) is 20.1. The van der Waals surface area contributed by atoms with Crippen molar-refractivity contribution < 1.29 is 23.9 Å². The average molecular weight is 432 g/mol. The number of amidine groups is 1. The number of nitrogens with zero attached hydrogens (tertiary/aromatic N) is 3. The van der Waals surface area contributed by atoms with Crippen LogP contribution >= 0.6 is 0 Å². The lowest BCUT2D eigenvalue weighted by Crippen LogP contribution is -2.36. The summed E-state index contributed by atoms with van der Waals surface area (Å²) >= 11 is 0. The van der Waals surface area contributed by atoms with Crippen molar-refractivity contribution in [3.8, 4) is 0 Å². The first-order chi connectivity index (χ1) is 15.5. The molecule has 9 heteroatoms. The number of hydrogen-bond donors (Lipinski definition) is 1. The average Bonchev–Trinajstić information content (AvgIpc) is 3.50. The number of hydrogen-bond acceptors (Lipinski definition) is 6. The fourth-order valence-corrected chi connectivity index (χ4v) is 4.06. The summed E-state index contributed by atoms with van der Waals surface area (Å²) in [6.45, 7) is 0.842. The van der Waals surface area contributed by atoms with Gasteiger partial charge in [-0.2, -0.15) is 10.1 Å². The lowest BCUT2D eigenvalue weighted by atomic mass is 10.1. The van der Waals surface area contributed by atoms with Crippen LogP contribution in [0.1, 0.15) is 50.3 Å². The predicted octanol–water partition coefficient (Wildman–Crippen LogP) is 1.94. The van der Waals surface area contributed by atoms with Crippen molar-refractivity contribution in [3.05, 3.63) is 65.2 Å². The monoisotopic (exact) mass is 432 g/mol. The molecule has 0 spiro atoms. The van der Waals surface area contributed by atoms with Gasteiger partial charge in [0.15, 0.2) is 0 Å². The minimum absolute atomic E-state index is 0.0435. The molecule has 1 fully saturated rings. The number of amides is 4. The quantitative estimate of drug-likeness (QED) is 0.743. The number of fused-ring (bicyclic) bond motifs is 1. The number of para-hydroxylation sites is 1. The molecule has 0 radical (unpaired) electrons. The van der Waals surface area contributed by atoms with Crippen molar-refractivity contribution in [1.29, 1.82) is 0 Å². The minimum Gasteiger partial charge on any atom is -0.376 e. The number of anilines is 1. The number of hydrazone groups is 1. The first-order valence-electron chi connectivity index (χ1n) is 10.4. The standard InChI is InChI=1S/C23H20N4O5/c28-20-12-19(25-27(20)15-5-2-1-3-6-15)24-21(29)14-8-9-17-18(11-14)23(31)26(22(17)30)13-16-7-4-10-32-16/h1-3,5-6,8-9,11,16H,4,7,10,12-13H2,(H,24,25,29). The molecule has 1 saturated heterocycles. The van der Waals surface area contributed by atoms with E-state index in [1.165, 1.54) is 28.1 Å². The first-order valence-corrected chi connectivity index (χ1v) is 10.4. The predicted molar refractivity (Wildman–Crippen MR) is 114 cm³/mol. The van der Waals surface area contributed by atoms with Crippen LogP contribution in [0.2, 0.25) is 0 Å². The first kappa shape index (κ1) is 20.1. The van der Waals surface area contributed by atoms with Crippen molar-refractivity contribution in [3.63, 3.8) is 0 Å². The molecule has 9 nitrogen and oxygen atoms in total. The van der Waals surface area contributed by atoms with E-state index in [2.05, 4.69) is 10.4 Å². The molecule has 1 atom stereocenters. The molecule has 0 aromatic heterocycles. The van der Waals surface area contributed by atoms with Gasteiger partial charge < -0.3 is 10.1 Å². The second-order valence-corrected chi connectivity index (χ2v) is 7.83. The number of benzene rings is 2. The van der Waals surface area contributed by atoms with Crippen LogP contribution in [0.5, 0.6) is 0 Å². The van der Waals surface area contributed by atoms with Gasteiger partial charge in [-0.1, -0.05) is 18.2 Å². The molecule has 3 heterocycles. The van der Waals surface area contributed by atoms with Gasteiger partial charge in [-0.15, -0.1) is 0 Å². The van der Waals surface area contributed by atoms with Crippen LogP contribution in [0.15, 0.2) is 53.6 Å². The number of imide groups is 1. The maximum atomic E-state index is 12.8. The maximum Gasteiger partial charge on any atom is 0.261 e. The summed E-state index contributed by atoms with van der Waals surface area (Å²) in [5.41, 5.74) is 1.27. The molecule has 32 heavy (non-hydrogen) atoms. The van der Waals surface area contributed by atoms with Gasteiger partial charge in [0.25, 0.3) is 23.6 Å². The topological polar surface area (TPSA) is 108 Å². The Balaban J connectivity index is 1.31.